The summed E-state index contributed by atoms with van der Waals surface area (Å²) < 4.78 is 26.8. The number of fused-ring (bicyclic) bond motifs is 1. The lowest BCUT2D eigenvalue weighted by Gasteiger charge is -2.26. The lowest BCUT2D eigenvalue weighted by molar-refractivity contribution is 0.497. The van der Waals surface area contributed by atoms with Gasteiger partial charge in [0, 0.05) is 31.9 Å². The Balaban J connectivity index is 1.51. The van der Waals surface area contributed by atoms with Crippen molar-refractivity contribution in [2.45, 2.75) is 18.9 Å². The van der Waals surface area contributed by atoms with E-state index in [9.17, 15) is 8.78 Å². The summed E-state index contributed by atoms with van der Waals surface area (Å²) in [5, 5.41) is 4.00. The van der Waals surface area contributed by atoms with E-state index in [1.54, 1.807) is 0 Å². The van der Waals surface area contributed by atoms with Gasteiger partial charge in [0.25, 0.3) is 0 Å². The van der Waals surface area contributed by atoms with E-state index in [0.29, 0.717) is 13.1 Å². The molecule has 3 heterocycles. The number of aromatic nitrogens is 3. The highest BCUT2D eigenvalue weighted by atomic mass is 19.1. The van der Waals surface area contributed by atoms with Crippen LogP contribution in [-0.4, -0.2) is 40.1 Å². The first-order chi connectivity index (χ1) is 12.5. The van der Waals surface area contributed by atoms with Gasteiger partial charge in [-0.25, -0.2) is 18.7 Å². The molecule has 4 rings (SSSR count). The number of halogens is 2. The van der Waals surface area contributed by atoms with Crippen LogP contribution in [-0.2, 0) is 0 Å². The fourth-order valence-corrected chi connectivity index (χ4v) is 3.46. The quantitative estimate of drug-likeness (QED) is 0.668. The predicted molar refractivity (Wildman–Crippen MR) is 97.2 cm³/mol. The fourth-order valence-electron chi connectivity index (χ4n) is 3.46. The van der Waals surface area contributed by atoms with Gasteiger partial charge < -0.3 is 20.9 Å². The van der Waals surface area contributed by atoms with Crippen molar-refractivity contribution in [1.82, 2.24) is 15.0 Å². The number of nitrogens with two attached hydrogens (primary N) is 1. The van der Waals surface area contributed by atoms with Gasteiger partial charge in [0.15, 0.2) is 0 Å². The molecule has 8 heteroatoms. The van der Waals surface area contributed by atoms with E-state index in [4.69, 9.17) is 5.73 Å². The summed E-state index contributed by atoms with van der Waals surface area (Å²) in [7, 11) is 0. The average molecular weight is 358 g/mol. The lowest BCUT2D eigenvalue weighted by Crippen LogP contribution is -2.48. The summed E-state index contributed by atoms with van der Waals surface area (Å²) in [5.74, 6) is -0.366. The van der Waals surface area contributed by atoms with Gasteiger partial charge in [-0.3, -0.25) is 0 Å². The smallest absolute Gasteiger partial charge is 0.149 e. The van der Waals surface area contributed by atoms with Crippen LogP contribution < -0.4 is 16.0 Å². The molecule has 2 aromatic heterocycles. The first-order valence-corrected chi connectivity index (χ1v) is 8.47. The van der Waals surface area contributed by atoms with E-state index in [1.807, 2.05) is 13.1 Å². The van der Waals surface area contributed by atoms with Crippen LogP contribution >= 0.6 is 0 Å². The van der Waals surface area contributed by atoms with Gasteiger partial charge in [-0.05, 0) is 31.0 Å². The molecule has 0 radical (unpaired) electrons. The fraction of sp³-hybridized carbons (Fsp3) is 0.333. The van der Waals surface area contributed by atoms with Crippen LogP contribution in [0.3, 0.4) is 0 Å². The van der Waals surface area contributed by atoms with Gasteiger partial charge in [0.2, 0.25) is 0 Å². The summed E-state index contributed by atoms with van der Waals surface area (Å²) in [6, 6.07) is 3.47. The highest BCUT2D eigenvalue weighted by Gasteiger charge is 2.36. The Morgan fingerprint density at radius 3 is 3.00 bits per heavy atom. The molecule has 1 saturated heterocycles. The first-order valence-electron chi connectivity index (χ1n) is 8.47. The molecule has 1 aliphatic heterocycles. The van der Waals surface area contributed by atoms with Crippen molar-refractivity contribution in [3.8, 4) is 0 Å². The van der Waals surface area contributed by atoms with Crippen molar-refractivity contribution >= 4 is 22.5 Å². The van der Waals surface area contributed by atoms with Crippen molar-refractivity contribution in [3.63, 3.8) is 0 Å². The number of aryl methyl sites for hydroxylation is 1. The van der Waals surface area contributed by atoms with Crippen LogP contribution in [0.25, 0.3) is 11.0 Å². The van der Waals surface area contributed by atoms with E-state index in [0.717, 1.165) is 41.4 Å². The first kappa shape index (κ1) is 16.7. The third kappa shape index (κ3) is 2.96. The minimum absolute atomic E-state index is 0.251. The van der Waals surface area contributed by atoms with Crippen molar-refractivity contribution in [3.05, 3.63) is 47.9 Å². The molecule has 1 aliphatic rings. The minimum atomic E-state index is -0.621. The van der Waals surface area contributed by atoms with Gasteiger partial charge in [-0.1, -0.05) is 0 Å². The van der Waals surface area contributed by atoms with Crippen molar-refractivity contribution in [1.29, 1.82) is 0 Å². The van der Waals surface area contributed by atoms with Crippen LogP contribution in [0.1, 0.15) is 12.0 Å². The van der Waals surface area contributed by atoms with E-state index in [2.05, 4.69) is 25.2 Å². The Kier molecular flexibility index (Phi) is 3.99. The van der Waals surface area contributed by atoms with E-state index < -0.39 is 17.2 Å². The van der Waals surface area contributed by atoms with Gasteiger partial charge >= 0.3 is 0 Å². The Morgan fingerprint density at radius 1 is 1.35 bits per heavy atom. The molecule has 1 atom stereocenters. The van der Waals surface area contributed by atoms with E-state index in [-0.39, 0.29) is 5.69 Å². The Morgan fingerprint density at radius 2 is 2.19 bits per heavy atom. The van der Waals surface area contributed by atoms with E-state index in [1.165, 1.54) is 18.5 Å². The maximum atomic E-state index is 13.8. The molecule has 0 aliphatic carbocycles. The molecule has 0 spiro atoms. The standard InChI is InChI=1S/C18H20F2N6/c1-11-7-22-16-15(11)17(25-10-24-16)26-5-4-18(21,9-26)8-23-14-3-2-12(19)6-13(14)20/h2-3,6-7,10,23H,4-5,8-9,21H2,1H3,(H,22,24,25). The zero-order valence-corrected chi connectivity index (χ0v) is 14.4. The Hall–Kier alpha value is -2.74. The lowest BCUT2D eigenvalue weighted by atomic mass is 10.00. The topological polar surface area (TPSA) is 82.9 Å². The summed E-state index contributed by atoms with van der Waals surface area (Å²) in [6.07, 6.45) is 4.18. The maximum Gasteiger partial charge on any atom is 0.149 e. The van der Waals surface area contributed by atoms with Crippen LogP contribution in [0.15, 0.2) is 30.7 Å². The number of nitrogens with zero attached hydrogens (tertiary/aromatic N) is 3. The monoisotopic (exact) mass is 358 g/mol. The molecule has 0 bridgehead atoms. The Bertz CT molecular complexity index is 956. The highest BCUT2D eigenvalue weighted by Crippen LogP contribution is 2.31. The van der Waals surface area contributed by atoms with Crippen molar-refractivity contribution < 1.29 is 8.78 Å². The van der Waals surface area contributed by atoms with Crippen LogP contribution in [0.4, 0.5) is 20.3 Å². The minimum Gasteiger partial charge on any atom is -0.381 e. The molecule has 6 nitrogen and oxygen atoms in total. The second kappa shape index (κ2) is 6.21. The van der Waals surface area contributed by atoms with Gasteiger partial charge in [-0.15, -0.1) is 0 Å². The maximum absolute atomic E-state index is 13.8. The molecular formula is C18H20F2N6. The third-order valence-corrected chi connectivity index (χ3v) is 4.89. The molecule has 0 saturated carbocycles. The van der Waals surface area contributed by atoms with Gasteiger partial charge in [-0.2, -0.15) is 0 Å². The second-order valence-corrected chi connectivity index (χ2v) is 6.90. The summed E-state index contributed by atoms with van der Waals surface area (Å²) in [5.41, 5.74) is 8.11. The zero-order chi connectivity index (χ0) is 18.3. The molecule has 4 N–H and O–H groups in total. The number of aromatic amines is 1. The molecule has 136 valence electrons. The van der Waals surface area contributed by atoms with Gasteiger partial charge in [0.1, 0.15) is 29.4 Å². The number of H-pyrrole nitrogens is 1. The number of hydrogen-bond acceptors (Lipinski definition) is 5. The highest BCUT2D eigenvalue weighted by molar-refractivity contribution is 5.90. The SMILES string of the molecule is Cc1c[nH]c2ncnc(N3CCC(N)(CNc4ccc(F)cc4F)C3)c12. The number of nitrogens with one attached hydrogen (secondary N) is 2. The zero-order valence-electron chi connectivity index (χ0n) is 14.4. The van der Waals surface area contributed by atoms with Crippen molar-refractivity contribution in [2.75, 3.05) is 29.9 Å². The predicted octanol–water partition coefficient (Wildman–Crippen LogP) is 2.56. The average Bonchev–Trinajstić information content (AvgIpc) is 3.18. The van der Waals surface area contributed by atoms with E-state index >= 15 is 0 Å². The molecular weight excluding hydrogens is 338 g/mol. The number of benzene rings is 1. The van der Waals surface area contributed by atoms with Crippen LogP contribution in [0.2, 0.25) is 0 Å². The number of rotatable bonds is 4. The van der Waals surface area contributed by atoms with Crippen LogP contribution in [0, 0.1) is 18.6 Å². The second-order valence-electron chi connectivity index (χ2n) is 6.90. The third-order valence-electron chi connectivity index (χ3n) is 4.89. The molecule has 0 amide bonds. The Labute approximate surface area is 149 Å². The van der Waals surface area contributed by atoms with Crippen molar-refractivity contribution in [2.24, 2.45) is 5.73 Å². The number of anilines is 2. The summed E-state index contributed by atoms with van der Waals surface area (Å²) >= 11 is 0. The molecule has 26 heavy (non-hydrogen) atoms. The molecule has 1 fully saturated rings. The summed E-state index contributed by atoms with van der Waals surface area (Å²) in [6.45, 7) is 3.73. The normalized spacial score (nSPS) is 20.1. The van der Waals surface area contributed by atoms with Crippen LogP contribution in [0.5, 0.6) is 0 Å². The number of hydrogen-bond donors (Lipinski definition) is 3. The van der Waals surface area contributed by atoms with Gasteiger partial charge in [0.05, 0.1) is 16.6 Å². The summed E-state index contributed by atoms with van der Waals surface area (Å²) in [4.78, 5) is 14.0. The largest absolute Gasteiger partial charge is 0.381 e. The molecule has 3 aromatic rings. The molecule has 1 aromatic carbocycles. The molecule has 1 unspecified atom stereocenters.